The molecule has 0 bridgehead atoms. The van der Waals surface area contributed by atoms with Crippen LogP contribution in [0.4, 0.5) is 0 Å². The van der Waals surface area contributed by atoms with Gasteiger partial charge in [0.25, 0.3) is 5.91 Å². The molecule has 32 heavy (non-hydrogen) atoms. The number of fused-ring (bicyclic) bond motifs is 2. The fourth-order valence-electron chi connectivity index (χ4n) is 4.16. The van der Waals surface area contributed by atoms with E-state index in [9.17, 15) is 14.7 Å². The van der Waals surface area contributed by atoms with E-state index in [0.29, 0.717) is 41.0 Å². The van der Waals surface area contributed by atoms with Gasteiger partial charge in [-0.25, -0.2) is 0 Å². The average molecular weight is 427 g/mol. The van der Waals surface area contributed by atoms with Crippen LogP contribution in [-0.4, -0.2) is 29.1 Å². The Morgan fingerprint density at radius 2 is 1.66 bits per heavy atom. The molecule has 0 spiro atoms. The molecule has 0 fully saturated rings. The van der Waals surface area contributed by atoms with Crippen LogP contribution in [0.25, 0.3) is 11.0 Å². The third-order valence-corrected chi connectivity index (χ3v) is 5.58. The largest absolute Gasteiger partial charge is 0.457 e. The average Bonchev–Trinajstić information content (AvgIpc) is 3.10. The maximum atomic E-state index is 13.4. The first kappa shape index (κ1) is 20.0. The summed E-state index contributed by atoms with van der Waals surface area (Å²) in [5.74, 6) is 0.999. The van der Waals surface area contributed by atoms with Crippen LogP contribution in [0.3, 0.4) is 0 Å². The number of benzene rings is 3. The fourth-order valence-corrected chi connectivity index (χ4v) is 4.16. The monoisotopic (exact) mass is 427 g/mol. The van der Waals surface area contributed by atoms with Gasteiger partial charge >= 0.3 is 0 Å². The standard InChI is InChI=1S/C26H21NO5/c28-15-7-14-27-23(17-8-6-11-19(16-17)31-18-9-2-1-3-10-18)22-24(29)20-12-4-5-13-21(20)32-25(22)26(27)30/h1-6,8-13,16,23,28H,7,14-15H2. The van der Waals surface area contributed by atoms with Crippen molar-refractivity contribution in [1.29, 1.82) is 0 Å². The summed E-state index contributed by atoms with van der Waals surface area (Å²) in [6, 6.07) is 23.1. The number of carbonyl (C=O) groups is 1. The van der Waals surface area contributed by atoms with Crippen LogP contribution in [0.15, 0.2) is 88.1 Å². The number of hydrogen-bond donors (Lipinski definition) is 1. The van der Waals surface area contributed by atoms with Crippen molar-refractivity contribution < 1.29 is 19.1 Å². The van der Waals surface area contributed by atoms with Crippen LogP contribution < -0.4 is 10.2 Å². The summed E-state index contributed by atoms with van der Waals surface area (Å²) in [6.07, 6.45) is 0.393. The molecule has 160 valence electrons. The molecule has 4 aromatic rings. The third kappa shape index (κ3) is 3.44. The van der Waals surface area contributed by atoms with Crippen molar-refractivity contribution in [1.82, 2.24) is 4.90 Å². The van der Waals surface area contributed by atoms with Crippen LogP contribution in [-0.2, 0) is 0 Å². The van der Waals surface area contributed by atoms with Crippen LogP contribution in [0.5, 0.6) is 11.5 Å². The van der Waals surface area contributed by atoms with Gasteiger partial charge in [-0.1, -0.05) is 42.5 Å². The molecule has 6 nitrogen and oxygen atoms in total. The SMILES string of the molecule is O=C1c2oc3ccccc3c(=O)c2C(c2cccc(Oc3ccccc3)c2)N1CCCO. The first-order chi connectivity index (χ1) is 15.7. The summed E-state index contributed by atoms with van der Waals surface area (Å²) >= 11 is 0. The molecular weight excluding hydrogens is 406 g/mol. The molecule has 1 aliphatic heterocycles. The Morgan fingerprint density at radius 1 is 0.906 bits per heavy atom. The highest BCUT2D eigenvalue weighted by atomic mass is 16.5. The zero-order valence-electron chi connectivity index (χ0n) is 17.2. The number of rotatable bonds is 6. The molecule has 0 aliphatic carbocycles. The van der Waals surface area contributed by atoms with Crippen molar-refractivity contribution >= 4 is 16.9 Å². The highest BCUT2D eigenvalue weighted by Gasteiger charge is 2.42. The quantitative estimate of drug-likeness (QED) is 0.490. The van der Waals surface area contributed by atoms with E-state index in [1.165, 1.54) is 0 Å². The van der Waals surface area contributed by atoms with Gasteiger partial charge in [0, 0.05) is 13.2 Å². The minimum Gasteiger partial charge on any atom is -0.457 e. The van der Waals surface area contributed by atoms with Crippen LogP contribution in [0, 0.1) is 0 Å². The summed E-state index contributed by atoms with van der Waals surface area (Å²) in [6.45, 7) is 0.233. The van der Waals surface area contributed by atoms with Crippen molar-refractivity contribution in [2.45, 2.75) is 12.5 Å². The molecule has 0 saturated carbocycles. The Hall–Kier alpha value is -3.90. The van der Waals surface area contributed by atoms with Gasteiger partial charge < -0.3 is 19.2 Å². The second-order valence-corrected chi connectivity index (χ2v) is 7.64. The number of para-hydroxylation sites is 2. The molecule has 5 rings (SSSR count). The van der Waals surface area contributed by atoms with Gasteiger partial charge in [0.1, 0.15) is 17.1 Å². The Labute approximate surface area is 184 Å². The first-order valence-electron chi connectivity index (χ1n) is 10.5. The Balaban J connectivity index is 1.63. The van der Waals surface area contributed by atoms with E-state index in [2.05, 4.69) is 0 Å². The second-order valence-electron chi connectivity index (χ2n) is 7.64. The predicted molar refractivity (Wildman–Crippen MR) is 120 cm³/mol. The molecule has 1 atom stereocenters. The third-order valence-electron chi connectivity index (χ3n) is 5.58. The number of ether oxygens (including phenoxy) is 1. The topological polar surface area (TPSA) is 80.0 Å². The molecule has 2 heterocycles. The summed E-state index contributed by atoms with van der Waals surface area (Å²) in [5, 5.41) is 9.80. The van der Waals surface area contributed by atoms with Crippen LogP contribution in [0.2, 0.25) is 0 Å². The molecule has 0 saturated heterocycles. The lowest BCUT2D eigenvalue weighted by atomic mass is 9.98. The van der Waals surface area contributed by atoms with Gasteiger partial charge in [-0.05, 0) is 48.4 Å². The van der Waals surface area contributed by atoms with Gasteiger partial charge in [-0.15, -0.1) is 0 Å². The van der Waals surface area contributed by atoms with E-state index in [1.54, 1.807) is 29.2 Å². The number of aliphatic hydroxyl groups excluding tert-OH is 1. The molecule has 1 aromatic heterocycles. The smallest absolute Gasteiger partial charge is 0.290 e. The van der Waals surface area contributed by atoms with E-state index in [-0.39, 0.29) is 23.7 Å². The van der Waals surface area contributed by atoms with Crippen molar-refractivity contribution in [3.05, 3.63) is 106 Å². The highest BCUT2D eigenvalue weighted by Crippen LogP contribution is 2.39. The van der Waals surface area contributed by atoms with Gasteiger partial charge in [-0.2, -0.15) is 0 Å². The Kier molecular flexibility index (Phi) is 5.21. The lowest BCUT2D eigenvalue weighted by molar-refractivity contribution is 0.0716. The fraction of sp³-hybridized carbons (Fsp3) is 0.154. The minimum atomic E-state index is -0.621. The molecule has 6 heteroatoms. The van der Waals surface area contributed by atoms with Gasteiger partial charge in [0.2, 0.25) is 5.76 Å². The lowest BCUT2D eigenvalue weighted by Crippen LogP contribution is -2.31. The number of aliphatic hydroxyl groups is 1. The minimum absolute atomic E-state index is 0.0611. The van der Waals surface area contributed by atoms with E-state index < -0.39 is 6.04 Å². The predicted octanol–water partition coefficient (Wildman–Crippen LogP) is 4.51. The Bertz CT molecular complexity index is 1350. The summed E-state index contributed by atoms with van der Waals surface area (Å²) < 4.78 is 11.9. The number of nitrogens with zero attached hydrogens (tertiary/aromatic N) is 1. The molecular formula is C26H21NO5. The van der Waals surface area contributed by atoms with Crippen LogP contribution in [0.1, 0.15) is 34.1 Å². The zero-order chi connectivity index (χ0) is 22.1. The number of amides is 1. The summed E-state index contributed by atoms with van der Waals surface area (Å²) in [7, 11) is 0. The maximum absolute atomic E-state index is 13.4. The van der Waals surface area contributed by atoms with Crippen molar-refractivity contribution in [3.8, 4) is 11.5 Å². The Morgan fingerprint density at radius 3 is 2.47 bits per heavy atom. The van der Waals surface area contributed by atoms with E-state index >= 15 is 0 Å². The number of hydrogen-bond acceptors (Lipinski definition) is 5. The van der Waals surface area contributed by atoms with Crippen molar-refractivity contribution in [2.24, 2.45) is 0 Å². The zero-order valence-corrected chi connectivity index (χ0v) is 17.2. The molecule has 1 N–H and O–H groups in total. The highest BCUT2D eigenvalue weighted by molar-refractivity contribution is 5.99. The number of carbonyl (C=O) groups excluding carboxylic acids is 1. The van der Waals surface area contributed by atoms with Crippen LogP contribution >= 0.6 is 0 Å². The first-order valence-corrected chi connectivity index (χ1v) is 10.5. The van der Waals surface area contributed by atoms with E-state index in [0.717, 1.165) is 5.56 Å². The van der Waals surface area contributed by atoms with Crippen molar-refractivity contribution in [3.63, 3.8) is 0 Å². The molecule has 1 unspecified atom stereocenters. The maximum Gasteiger partial charge on any atom is 0.290 e. The van der Waals surface area contributed by atoms with Gasteiger partial charge in [0.05, 0.1) is 17.0 Å². The molecule has 3 aromatic carbocycles. The van der Waals surface area contributed by atoms with E-state index in [4.69, 9.17) is 9.15 Å². The normalized spacial score (nSPS) is 15.2. The molecule has 1 aliphatic rings. The summed E-state index contributed by atoms with van der Waals surface area (Å²) in [4.78, 5) is 28.3. The summed E-state index contributed by atoms with van der Waals surface area (Å²) in [5.41, 5.74) is 1.23. The lowest BCUT2D eigenvalue weighted by Gasteiger charge is -2.25. The molecule has 0 radical (unpaired) electrons. The second kappa shape index (κ2) is 8.32. The molecule has 1 amide bonds. The van der Waals surface area contributed by atoms with Gasteiger partial charge in [0.15, 0.2) is 5.43 Å². The van der Waals surface area contributed by atoms with E-state index in [1.807, 2.05) is 54.6 Å². The van der Waals surface area contributed by atoms with Gasteiger partial charge in [-0.3, -0.25) is 9.59 Å². The van der Waals surface area contributed by atoms with Crippen molar-refractivity contribution in [2.75, 3.05) is 13.2 Å².